The third-order valence-corrected chi connectivity index (χ3v) is 2.41. The van der Waals surface area contributed by atoms with Crippen molar-refractivity contribution in [3.63, 3.8) is 0 Å². The quantitative estimate of drug-likeness (QED) is 0.641. The van der Waals surface area contributed by atoms with Crippen molar-refractivity contribution in [3.8, 4) is 18.2 Å². The van der Waals surface area contributed by atoms with Gasteiger partial charge in [-0.15, -0.1) is 6.42 Å². The van der Waals surface area contributed by atoms with E-state index in [9.17, 15) is 0 Å². The van der Waals surface area contributed by atoms with Crippen LogP contribution in [0, 0.1) is 26.2 Å². The second kappa shape index (κ2) is 3.62. The third kappa shape index (κ3) is 1.64. The first-order chi connectivity index (χ1) is 7.22. The maximum atomic E-state index is 5.28. The van der Waals surface area contributed by atoms with E-state index in [2.05, 4.69) is 41.5 Å². The van der Waals surface area contributed by atoms with Crippen molar-refractivity contribution in [2.75, 3.05) is 0 Å². The molecule has 0 amide bonds. The molecule has 0 aliphatic carbocycles. The predicted octanol–water partition coefficient (Wildman–Crippen LogP) is 2.47. The highest BCUT2D eigenvalue weighted by molar-refractivity contribution is 5.37. The molecule has 74 valence electrons. The van der Waals surface area contributed by atoms with Crippen LogP contribution < -0.4 is 0 Å². The van der Waals surface area contributed by atoms with Gasteiger partial charge in [-0.3, -0.25) is 0 Å². The summed E-state index contributed by atoms with van der Waals surface area (Å²) in [6.45, 7) is 4.12. The van der Waals surface area contributed by atoms with Crippen molar-refractivity contribution in [1.82, 2.24) is 9.55 Å². The number of rotatable bonds is 1. The predicted molar refractivity (Wildman–Crippen MR) is 61.0 cm³/mol. The molecule has 2 rings (SSSR count). The molecule has 0 atom stereocenters. The average Bonchev–Trinajstić information content (AvgIpc) is 2.59. The summed E-state index contributed by atoms with van der Waals surface area (Å²) in [4.78, 5) is 4.33. The summed E-state index contributed by atoms with van der Waals surface area (Å²) in [5, 5.41) is 0. The zero-order valence-electron chi connectivity index (χ0n) is 8.86. The maximum absolute atomic E-state index is 5.28. The number of aromatic nitrogens is 2. The number of hydrogen-bond acceptors (Lipinski definition) is 1. The third-order valence-electron chi connectivity index (χ3n) is 2.41. The summed E-state index contributed by atoms with van der Waals surface area (Å²) in [5.41, 5.74) is 3.16. The van der Waals surface area contributed by atoms with Gasteiger partial charge in [0.25, 0.3) is 0 Å². The monoisotopic (exact) mass is 196 g/mol. The van der Waals surface area contributed by atoms with Crippen molar-refractivity contribution in [2.45, 2.75) is 13.8 Å². The van der Waals surface area contributed by atoms with Gasteiger partial charge < -0.3 is 4.57 Å². The van der Waals surface area contributed by atoms with Crippen LogP contribution in [-0.4, -0.2) is 9.55 Å². The van der Waals surface area contributed by atoms with E-state index in [1.54, 1.807) is 6.20 Å². The molecule has 0 aliphatic rings. The van der Waals surface area contributed by atoms with Gasteiger partial charge in [0.15, 0.2) is 0 Å². The minimum Gasteiger partial charge on any atom is -0.303 e. The fourth-order valence-electron chi connectivity index (χ4n) is 1.63. The Labute approximate surface area is 89.6 Å². The SMILES string of the molecule is C#Cc1ccc(-n2c(C)ccc2C)nc1. The number of pyridine rings is 1. The minimum absolute atomic E-state index is 0.807. The molecule has 2 heterocycles. The molecule has 0 spiro atoms. The molecule has 0 radical (unpaired) electrons. The first-order valence-electron chi connectivity index (χ1n) is 4.80. The zero-order chi connectivity index (χ0) is 10.8. The zero-order valence-corrected chi connectivity index (χ0v) is 8.86. The molecular weight excluding hydrogens is 184 g/mol. The molecular formula is C13H12N2. The Balaban J connectivity index is 2.51. The Hall–Kier alpha value is -2.01. The standard InChI is InChI=1S/C13H12N2/c1-4-12-7-8-13(14-9-12)15-10(2)5-6-11(15)3/h1,5-9H,2-3H3. The lowest BCUT2D eigenvalue weighted by Gasteiger charge is -2.07. The van der Waals surface area contributed by atoms with Crippen molar-refractivity contribution < 1.29 is 0 Å². The molecule has 2 nitrogen and oxygen atoms in total. The lowest BCUT2D eigenvalue weighted by molar-refractivity contribution is 0.921. The van der Waals surface area contributed by atoms with Gasteiger partial charge in [0, 0.05) is 23.1 Å². The Morgan fingerprint density at radius 1 is 1.13 bits per heavy atom. The molecule has 0 fully saturated rings. The highest BCUT2D eigenvalue weighted by atomic mass is 15.1. The van der Waals surface area contributed by atoms with Crippen LogP contribution >= 0.6 is 0 Å². The second-order valence-electron chi connectivity index (χ2n) is 3.50. The van der Waals surface area contributed by atoms with E-state index in [1.807, 2.05) is 12.1 Å². The van der Waals surface area contributed by atoms with Crippen LogP contribution in [0.5, 0.6) is 0 Å². The van der Waals surface area contributed by atoms with Crippen LogP contribution in [0.2, 0.25) is 0 Å². The molecule has 0 bridgehead atoms. The maximum Gasteiger partial charge on any atom is 0.137 e. The second-order valence-corrected chi connectivity index (χ2v) is 3.50. The van der Waals surface area contributed by atoms with Gasteiger partial charge in [-0.2, -0.15) is 0 Å². The van der Waals surface area contributed by atoms with Crippen molar-refractivity contribution >= 4 is 0 Å². The summed E-state index contributed by atoms with van der Waals surface area (Å²) in [6, 6.07) is 7.99. The minimum atomic E-state index is 0.807. The first kappa shape index (κ1) is 9.54. The molecule has 0 aromatic carbocycles. The highest BCUT2D eigenvalue weighted by Gasteiger charge is 2.03. The summed E-state index contributed by atoms with van der Waals surface area (Å²) < 4.78 is 2.10. The van der Waals surface area contributed by atoms with E-state index in [4.69, 9.17) is 6.42 Å². The van der Waals surface area contributed by atoms with Crippen LogP contribution in [0.3, 0.4) is 0 Å². The van der Waals surface area contributed by atoms with E-state index in [0.717, 1.165) is 11.4 Å². The van der Waals surface area contributed by atoms with E-state index in [0.29, 0.717) is 0 Å². The van der Waals surface area contributed by atoms with E-state index >= 15 is 0 Å². The molecule has 0 unspecified atom stereocenters. The van der Waals surface area contributed by atoms with Gasteiger partial charge in [0.05, 0.1) is 0 Å². The molecule has 2 heteroatoms. The lowest BCUT2D eigenvalue weighted by Crippen LogP contribution is -2.01. The van der Waals surface area contributed by atoms with Crippen LogP contribution in [0.15, 0.2) is 30.5 Å². The number of aryl methyl sites for hydroxylation is 2. The highest BCUT2D eigenvalue weighted by Crippen LogP contribution is 2.14. The van der Waals surface area contributed by atoms with Gasteiger partial charge in [0.2, 0.25) is 0 Å². The van der Waals surface area contributed by atoms with Crippen LogP contribution in [0.25, 0.3) is 5.82 Å². The summed E-state index contributed by atoms with van der Waals surface area (Å²) >= 11 is 0. The lowest BCUT2D eigenvalue weighted by atomic mass is 10.3. The molecule has 15 heavy (non-hydrogen) atoms. The number of nitrogens with zero attached hydrogens (tertiary/aromatic N) is 2. The number of terminal acetylenes is 1. The largest absolute Gasteiger partial charge is 0.303 e. The summed E-state index contributed by atoms with van der Waals surface area (Å²) in [5.74, 6) is 3.47. The fourth-order valence-corrected chi connectivity index (χ4v) is 1.63. The van der Waals surface area contributed by atoms with Crippen LogP contribution in [0.4, 0.5) is 0 Å². The van der Waals surface area contributed by atoms with Gasteiger partial charge >= 0.3 is 0 Å². The number of hydrogen-bond donors (Lipinski definition) is 0. The van der Waals surface area contributed by atoms with Gasteiger partial charge in [-0.25, -0.2) is 4.98 Å². The summed E-state index contributed by atoms with van der Waals surface area (Å²) in [6.07, 6.45) is 7.00. The topological polar surface area (TPSA) is 17.8 Å². The molecule has 0 N–H and O–H groups in total. The fraction of sp³-hybridized carbons (Fsp3) is 0.154. The van der Waals surface area contributed by atoms with Crippen LogP contribution in [-0.2, 0) is 0 Å². The Kier molecular flexibility index (Phi) is 2.31. The Bertz CT molecular complexity index is 493. The van der Waals surface area contributed by atoms with Crippen LogP contribution in [0.1, 0.15) is 17.0 Å². The van der Waals surface area contributed by atoms with Gasteiger partial charge in [0.1, 0.15) is 5.82 Å². The normalized spacial score (nSPS) is 9.93. The van der Waals surface area contributed by atoms with Crippen molar-refractivity contribution in [2.24, 2.45) is 0 Å². The van der Waals surface area contributed by atoms with Gasteiger partial charge in [-0.1, -0.05) is 5.92 Å². The average molecular weight is 196 g/mol. The van der Waals surface area contributed by atoms with E-state index in [1.165, 1.54) is 11.4 Å². The molecule has 2 aromatic heterocycles. The smallest absolute Gasteiger partial charge is 0.137 e. The Morgan fingerprint density at radius 2 is 1.80 bits per heavy atom. The molecule has 2 aromatic rings. The molecule has 0 aliphatic heterocycles. The van der Waals surface area contributed by atoms with E-state index in [-0.39, 0.29) is 0 Å². The molecule has 0 saturated carbocycles. The molecule has 0 saturated heterocycles. The van der Waals surface area contributed by atoms with Crippen molar-refractivity contribution in [1.29, 1.82) is 0 Å². The first-order valence-corrected chi connectivity index (χ1v) is 4.80. The van der Waals surface area contributed by atoms with E-state index < -0.39 is 0 Å². The van der Waals surface area contributed by atoms with Crippen molar-refractivity contribution in [3.05, 3.63) is 47.4 Å². The summed E-state index contributed by atoms with van der Waals surface area (Å²) in [7, 11) is 0. The Morgan fingerprint density at radius 3 is 2.27 bits per heavy atom. The van der Waals surface area contributed by atoms with Gasteiger partial charge in [-0.05, 0) is 38.1 Å².